The first-order valence-corrected chi connectivity index (χ1v) is 4.42. The summed E-state index contributed by atoms with van der Waals surface area (Å²) in [4.78, 5) is 3.71. The van der Waals surface area contributed by atoms with Crippen LogP contribution in [0.2, 0.25) is 0 Å². The Bertz CT molecular complexity index is 525. The molecule has 0 N–H and O–H groups in total. The molecule has 0 fully saturated rings. The van der Waals surface area contributed by atoms with Crippen molar-refractivity contribution in [3.05, 3.63) is 35.5 Å². The molecule has 0 radical (unpaired) electrons. The van der Waals surface area contributed by atoms with Gasteiger partial charge in [-0.15, -0.1) is 0 Å². The van der Waals surface area contributed by atoms with E-state index in [1.807, 2.05) is 0 Å². The van der Waals surface area contributed by atoms with Gasteiger partial charge in [0.25, 0.3) is 0 Å². The Labute approximate surface area is 85.5 Å². The van der Waals surface area contributed by atoms with Gasteiger partial charge in [0.15, 0.2) is 5.82 Å². The Morgan fingerprint density at radius 3 is 2.60 bits per heavy atom. The van der Waals surface area contributed by atoms with Gasteiger partial charge in [0.1, 0.15) is 17.1 Å². The van der Waals surface area contributed by atoms with E-state index in [0.717, 1.165) is 6.20 Å². The predicted octanol–water partition coefficient (Wildman–Crippen LogP) is 2.83. The monoisotopic (exact) mass is 209 g/mol. The van der Waals surface area contributed by atoms with Crippen molar-refractivity contribution < 1.29 is 13.5 Å². The summed E-state index contributed by atoms with van der Waals surface area (Å²) in [6.45, 7) is 1.58. The summed E-state index contributed by atoms with van der Waals surface area (Å²) in [5.41, 5.74) is 0.535. The molecular formula is C11H9F2NO. The van der Waals surface area contributed by atoms with Crippen molar-refractivity contribution in [2.24, 2.45) is 0 Å². The summed E-state index contributed by atoms with van der Waals surface area (Å²) in [7, 11) is 1.43. The lowest BCUT2D eigenvalue weighted by molar-refractivity contribution is 0.412. The molecule has 0 bridgehead atoms. The van der Waals surface area contributed by atoms with Crippen LogP contribution in [0.5, 0.6) is 5.75 Å². The first kappa shape index (κ1) is 9.83. The summed E-state index contributed by atoms with van der Waals surface area (Å²) in [5, 5.41) is 0.437. The van der Waals surface area contributed by atoms with E-state index >= 15 is 0 Å². The van der Waals surface area contributed by atoms with Gasteiger partial charge >= 0.3 is 0 Å². The largest absolute Gasteiger partial charge is 0.497 e. The molecule has 1 aromatic heterocycles. The lowest BCUT2D eigenvalue weighted by atomic mass is 10.1. The number of hydrogen-bond donors (Lipinski definition) is 0. The van der Waals surface area contributed by atoms with Crippen LogP contribution in [0.15, 0.2) is 18.3 Å². The summed E-state index contributed by atoms with van der Waals surface area (Å²) in [6.07, 6.45) is 1.02. The average molecular weight is 209 g/mol. The molecule has 0 amide bonds. The number of benzene rings is 1. The van der Waals surface area contributed by atoms with Crippen molar-refractivity contribution >= 4 is 10.9 Å². The van der Waals surface area contributed by atoms with Crippen LogP contribution in [0.1, 0.15) is 5.56 Å². The predicted molar refractivity (Wildman–Crippen MR) is 52.9 cm³/mol. The highest BCUT2D eigenvalue weighted by atomic mass is 19.1. The highest BCUT2D eigenvalue weighted by Gasteiger charge is 2.10. The Balaban J connectivity index is 2.86. The first-order valence-electron chi connectivity index (χ1n) is 4.42. The summed E-state index contributed by atoms with van der Waals surface area (Å²) in [5.74, 6) is -0.599. The van der Waals surface area contributed by atoms with Gasteiger partial charge in [-0.25, -0.2) is 8.78 Å². The number of hydrogen-bond acceptors (Lipinski definition) is 2. The molecule has 2 aromatic rings. The molecule has 78 valence electrons. The second-order valence-corrected chi connectivity index (χ2v) is 3.24. The SMILES string of the molecule is COc1cc(F)c2ncc(F)c(C)c2c1. The molecule has 0 unspecified atom stereocenters. The molecule has 0 saturated carbocycles. The number of aryl methyl sites for hydroxylation is 1. The molecule has 2 nitrogen and oxygen atoms in total. The molecule has 15 heavy (non-hydrogen) atoms. The highest BCUT2D eigenvalue weighted by molar-refractivity contribution is 5.83. The number of halogens is 2. The third kappa shape index (κ3) is 1.52. The van der Waals surface area contributed by atoms with Gasteiger partial charge in [-0.05, 0) is 18.6 Å². The van der Waals surface area contributed by atoms with Crippen molar-refractivity contribution in [1.82, 2.24) is 4.98 Å². The van der Waals surface area contributed by atoms with Crippen LogP contribution < -0.4 is 4.74 Å². The fourth-order valence-corrected chi connectivity index (χ4v) is 1.46. The van der Waals surface area contributed by atoms with Gasteiger partial charge in [-0.2, -0.15) is 0 Å². The second-order valence-electron chi connectivity index (χ2n) is 3.24. The van der Waals surface area contributed by atoms with E-state index in [-0.39, 0.29) is 5.52 Å². The number of fused-ring (bicyclic) bond motifs is 1. The van der Waals surface area contributed by atoms with E-state index in [2.05, 4.69) is 4.98 Å². The lowest BCUT2D eigenvalue weighted by Gasteiger charge is -2.06. The van der Waals surface area contributed by atoms with Crippen LogP contribution in [0.25, 0.3) is 10.9 Å². The molecule has 1 heterocycles. The van der Waals surface area contributed by atoms with Gasteiger partial charge in [-0.3, -0.25) is 4.98 Å². The fourth-order valence-electron chi connectivity index (χ4n) is 1.46. The molecule has 0 aliphatic heterocycles. The Morgan fingerprint density at radius 2 is 1.93 bits per heavy atom. The van der Waals surface area contributed by atoms with Crippen molar-refractivity contribution in [2.75, 3.05) is 7.11 Å². The summed E-state index contributed by atoms with van der Waals surface area (Å²) < 4.78 is 31.6. The topological polar surface area (TPSA) is 22.1 Å². The third-order valence-corrected chi connectivity index (χ3v) is 2.34. The summed E-state index contributed by atoms with van der Waals surface area (Å²) in [6, 6.07) is 2.80. The molecule has 0 aliphatic carbocycles. The van der Waals surface area contributed by atoms with Gasteiger partial charge in [0.2, 0.25) is 0 Å². The van der Waals surface area contributed by atoms with Gasteiger partial charge in [0.05, 0.1) is 13.3 Å². The molecule has 1 aromatic carbocycles. The number of pyridine rings is 1. The minimum atomic E-state index is -0.507. The van der Waals surface area contributed by atoms with Crippen LogP contribution in [0.3, 0.4) is 0 Å². The van der Waals surface area contributed by atoms with Crippen LogP contribution in [0.4, 0.5) is 8.78 Å². The van der Waals surface area contributed by atoms with Crippen LogP contribution >= 0.6 is 0 Å². The Hall–Kier alpha value is -1.71. The molecule has 2 rings (SSSR count). The maximum atomic E-state index is 13.5. The second kappa shape index (κ2) is 3.46. The number of aromatic nitrogens is 1. The van der Waals surface area contributed by atoms with Gasteiger partial charge in [-0.1, -0.05) is 0 Å². The Morgan fingerprint density at radius 1 is 1.20 bits per heavy atom. The molecule has 0 spiro atoms. The molecule has 4 heteroatoms. The number of nitrogens with zero attached hydrogens (tertiary/aromatic N) is 1. The van der Waals surface area contributed by atoms with E-state index in [1.54, 1.807) is 13.0 Å². The van der Waals surface area contributed by atoms with Gasteiger partial charge in [0, 0.05) is 11.5 Å². The third-order valence-electron chi connectivity index (χ3n) is 2.34. The zero-order chi connectivity index (χ0) is 11.0. The minimum Gasteiger partial charge on any atom is -0.497 e. The number of methoxy groups -OCH3 is 1. The summed E-state index contributed by atoms with van der Waals surface area (Å²) >= 11 is 0. The normalized spacial score (nSPS) is 10.7. The molecule has 0 aliphatic rings. The molecule has 0 saturated heterocycles. The zero-order valence-electron chi connectivity index (χ0n) is 8.34. The lowest BCUT2D eigenvalue weighted by Crippen LogP contribution is -1.93. The number of ether oxygens (including phenoxy) is 1. The molecule has 0 atom stereocenters. The van der Waals surface area contributed by atoms with E-state index in [0.29, 0.717) is 16.7 Å². The fraction of sp³-hybridized carbons (Fsp3) is 0.182. The van der Waals surface area contributed by atoms with Crippen molar-refractivity contribution in [1.29, 1.82) is 0 Å². The van der Waals surface area contributed by atoms with E-state index in [9.17, 15) is 8.78 Å². The van der Waals surface area contributed by atoms with Crippen LogP contribution in [-0.2, 0) is 0 Å². The standard InChI is InChI=1S/C11H9F2NO/c1-6-8-3-7(15-2)4-9(12)11(8)14-5-10(6)13/h3-5H,1-2H3. The molecular weight excluding hydrogens is 200 g/mol. The smallest absolute Gasteiger partial charge is 0.153 e. The first-order chi connectivity index (χ1) is 7.13. The highest BCUT2D eigenvalue weighted by Crippen LogP contribution is 2.26. The van der Waals surface area contributed by atoms with Crippen molar-refractivity contribution in [3.63, 3.8) is 0 Å². The zero-order valence-corrected chi connectivity index (χ0v) is 8.34. The van der Waals surface area contributed by atoms with E-state index < -0.39 is 11.6 Å². The van der Waals surface area contributed by atoms with E-state index in [4.69, 9.17) is 4.74 Å². The van der Waals surface area contributed by atoms with Crippen molar-refractivity contribution in [2.45, 2.75) is 6.92 Å². The van der Waals surface area contributed by atoms with Crippen LogP contribution in [0, 0.1) is 18.6 Å². The Kier molecular flexibility index (Phi) is 2.26. The van der Waals surface area contributed by atoms with Gasteiger partial charge < -0.3 is 4.74 Å². The minimum absolute atomic E-state index is 0.162. The van der Waals surface area contributed by atoms with Crippen LogP contribution in [-0.4, -0.2) is 12.1 Å². The maximum absolute atomic E-state index is 13.5. The van der Waals surface area contributed by atoms with E-state index in [1.165, 1.54) is 13.2 Å². The average Bonchev–Trinajstić information content (AvgIpc) is 2.23. The maximum Gasteiger partial charge on any atom is 0.153 e. The quantitative estimate of drug-likeness (QED) is 0.720. The van der Waals surface area contributed by atoms with Crippen molar-refractivity contribution in [3.8, 4) is 5.75 Å². The number of rotatable bonds is 1.